The van der Waals surface area contributed by atoms with Gasteiger partial charge in [0.2, 0.25) is 5.91 Å². The third-order valence-corrected chi connectivity index (χ3v) is 5.29. The Kier molecular flexibility index (Phi) is 5.24. The van der Waals surface area contributed by atoms with Crippen LogP contribution in [0.4, 0.5) is 8.78 Å². The van der Waals surface area contributed by atoms with Crippen LogP contribution >= 0.6 is 0 Å². The first-order valence-electron chi connectivity index (χ1n) is 9.73. The normalized spacial score (nSPS) is 20.0. The van der Waals surface area contributed by atoms with Crippen LogP contribution in [0.1, 0.15) is 29.6 Å². The van der Waals surface area contributed by atoms with Gasteiger partial charge in [-0.15, -0.1) is 0 Å². The zero-order chi connectivity index (χ0) is 21.3. The van der Waals surface area contributed by atoms with Gasteiger partial charge < -0.3 is 15.0 Å². The number of para-hydroxylation sites is 1. The van der Waals surface area contributed by atoms with Gasteiger partial charge in [-0.3, -0.25) is 14.6 Å². The third-order valence-electron chi connectivity index (χ3n) is 5.29. The van der Waals surface area contributed by atoms with Crippen molar-refractivity contribution < 1.29 is 23.1 Å². The van der Waals surface area contributed by atoms with Gasteiger partial charge in [0, 0.05) is 18.0 Å². The lowest BCUT2D eigenvalue weighted by Crippen LogP contribution is -2.43. The molecule has 1 saturated carbocycles. The van der Waals surface area contributed by atoms with Crippen molar-refractivity contribution in [2.24, 2.45) is 5.92 Å². The molecular formula is C21H20F2N4O3. The summed E-state index contributed by atoms with van der Waals surface area (Å²) in [6.07, 6.45) is 3.09. The fraction of sp³-hybridized carbons (Fsp3) is 0.429. The number of fused-ring (bicyclic) bond motifs is 1. The summed E-state index contributed by atoms with van der Waals surface area (Å²) in [5, 5.41) is 12.1. The summed E-state index contributed by atoms with van der Waals surface area (Å²) in [6, 6.07) is 7.32. The summed E-state index contributed by atoms with van der Waals surface area (Å²) in [6.45, 7) is -0.694. The van der Waals surface area contributed by atoms with Gasteiger partial charge in [0.15, 0.2) is 0 Å². The van der Waals surface area contributed by atoms with Crippen LogP contribution in [0.3, 0.4) is 0 Å². The number of alkyl halides is 2. The SMILES string of the molecule is N#C[C@@H]1CC(F)(F)CN1C(=O)CNC(=O)c1ccnc2c(OCC3CC3)cccc12. The largest absolute Gasteiger partial charge is 0.491 e. The van der Waals surface area contributed by atoms with Gasteiger partial charge in [0.05, 0.1) is 31.3 Å². The van der Waals surface area contributed by atoms with Crippen molar-refractivity contribution in [2.75, 3.05) is 19.7 Å². The van der Waals surface area contributed by atoms with E-state index in [0.717, 1.165) is 17.7 Å². The second-order valence-corrected chi connectivity index (χ2v) is 7.67. The molecule has 4 rings (SSSR count). The lowest BCUT2D eigenvalue weighted by Gasteiger charge is -2.19. The smallest absolute Gasteiger partial charge is 0.268 e. The number of nitriles is 1. The van der Waals surface area contributed by atoms with Gasteiger partial charge in [-0.2, -0.15) is 5.26 Å². The molecule has 0 radical (unpaired) electrons. The molecule has 1 N–H and O–H groups in total. The van der Waals surface area contributed by atoms with E-state index in [2.05, 4.69) is 10.3 Å². The van der Waals surface area contributed by atoms with Crippen molar-refractivity contribution in [3.05, 3.63) is 36.0 Å². The van der Waals surface area contributed by atoms with Gasteiger partial charge in [-0.1, -0.05) is 12.1 Å². The number of nitrogens with zero attached hydrogens (tertiary/aromatic N) is 3. The molecule has 2 amide bonds. The quantitative estimate of drug-likeness (QED) is 0.784. The Morgan fingerprint density at radius 1 is 1.33 bits per heavy atom. The van der Waals surface area contributed by atoms with E-state index in [-0.39, 0.29) is 0 Å². The summed E-state index contributed by atoms with van der Waals surface area (Å²) in [5.41, 5.74) is 0.842. The lowest BCUT2D eigenvalue weighted by molar-refractivity contribution is -0.131. The molecule has 1 aliphatic heterocycles. The Morgan fingerprint density at radius 3 is 2.87 bits per heavy atom. The molecule has 0 spiro atoms. The van der Waals surface area contributed by atoms with Gasteiger partial charge in [0.25, 0.3) is 11.8 Å². The number of amides is 2. The standard InChI is InChI=1S/C21H20F2N4O3/c22-21(23)8-14(9-24)27(12-21)18(28)10-26-20(29)16-6-7-25-19-15(16)2-1-3-17(19)30-11-13-4-5-13/h1-3,6-7,13-14H,4-5,8,10-12H2,(H,26,29)/t14-/m0/s1. The number of pyridine rings is 1. The maximum atomic E-state index is 13.5. The van der Waals surface area contributed by atoms with Gasteiger partial charge in [-0.05, 0) is 30.9 Å². The van der Waals surface area contributed by atoms with Gasteiger partial charge >= 0.3 is 0 Å². The average Bonchev–Trinajstić information content (AvgIpc) is 3.51. The van der Waals surface area contributed by atoms with E-state index in [1.807, 2.05) is 0 Å². The van der Waals surface area contributed by atoms with Gasteiger partial charge in [-0.25, -0.2) is 8.78 Å². The molecule has 9 heteroatoms. The first kappa shape index (κ1) is 20.0. The highest BCUT2D eigenvalue weighted by Crippen LogP contribution is 2.33. The third kappa shape index (κ3) is 4.17. The summed E-state index contributed by atoms with van der Waals surface area (Å²) in [5.74, 6) is -3.21. The molecule has 156 valence electrons. The second-order valence-electron chi connectivity index (χ2n) is 7.67. The lowest BCUT2D eigenvalue weighted by atomic mass is 10.1. The predicted molar refractivity (Wildman–Crippen MR) is 103 cm³/mol. The zero-order valence-corrected chi connectivity index (χ0v) is 16.1. The Balaban J connectivity index is 1.46. The van der Waals surface area contributed by atoms with E-state index in [1.165, 1.54) is 12.3 Å². The van der Waals surface area contributed by atoms with Crippen LogP contribution in [0.25, 0.3) is 10.9 Å². The summed E-state index contributed by atoms with van der Waals surface area (Å²) in [7, 11) is 0. The molecule has 1 aliphatic carbocycles. The minimum atomic E-state index is -3.10. The van der Waals surface area contributed by atoms with Crippen molar-refractivity contribution in [1.29, 1.82) is 5.26 Å². The first-order chi connectivity index (χ1) is 14.4. The van der Waals surface area contributed by atoms with Crippen LogP contribution in [-0.4, -0.2) is 53.4 Å². The van der Waals surface area contributed by atoms with E-state index in [0.29, 0.717) is 34.7 Å². The number of likely N-dealkylation sites (tertiary alicyclic amines) is 1. The summed E-state index contributed by atoms with van der Waals surface area (Å²) in [4.78, 5) is 30.1. The number of aromatic nitrogens is 1. The first-order valence-corrected chi connectivity index (χ1v) is 9.73. The van der Waals surface area contributed by atoms with Crippen LogP contribution in [0.15, 0.2) is 30.5 Å². The number of carbonyl (C=O) groups is 2. The highest BCUT2D eigenvalue weighted by Gasteiger charge is 2.47. The topological polar surface area (TPSA) is 95.3 Å². The molecule has 0 unspecified atom stereocenters. The number of hydrogen-bond donors (Lipinski definition) is 1. The van der Waals surface area contributed by atoms with Crippen LogP contribution < -0.4 is 10.1 Å². The van der Waals surface area contributed by atoms with E-state index in [4.69, 9.17) is 10.00 Å². The number of benzene rings is 1. The molecule has 0 bridgehead atoms. The molecule has 1 saturated heterocycles. The molecule has 2 fully saturated rings. The van der Waals surface area contributed by atoms with E-state index >= 15 is 0 Å². The molecule has 1 aromatic heterocycles. The molecule has 1 aromatic carbocycles. The monoisotopic (exact) mass is 414 g/mol. The fourth-order valence-corrected chi connectivity index (χ4v) is 3.50. The van der Waals surface area contributed by atoms with E-state index in [1.54, 1.807) is 24.3 Å². The number of halogens is 2. The second kappa shape index (κ2) is 7.86. The fourth-order valence-electron chi connectivity index (χ4n) is 3.50. The van der Waals surface area contributed by atoms with Crippen molar-refractivity contribution in [2.45, 2.75) is 31.2 Å². The number of nitrogens with one attached hydrogen (secondary N) is 1. The Morgan fingerprint density at radius 2 is 2.13 bits per heavy atom. The maximum Gasteiger partial charge on any atom is 0.268 e. The van der Waals surface area contributed by atoms with Gasteiger partial charge in [0.1, 0.15) is 17.3 Å². The zero-order valence-electron chi connectivity index (χ0n) is 16.1. The van der Waals surface area contributed by atoms with E-state index in [9.17, 15) is 18.4 Å². The number of hydrogen-bond acceptors (Lipinski definition) is 5. The highest BCUT2D eigenvalue weighted by molar-refractivity contribution is 6.07. The summed E-state index contributed by atoms with van der Waals surface area (Å²) < 4.78 is 32.9. The minimum Gasteiger partial charge on any atom is -0.491 e. The van der Waals surface area contributed by atoms with Crippen LogP contribution in [-0.2, 0) is 4.79 Å². The number of rotatable bonds is 6. The Hall–Kier alpha value is -3.28. The minimum absolute atomic E-state index is 0.299. The number of carbonyl (C=O) groups excluding carboxylic acids is 2. The van der Waals surface area contributed by atoms with Crippen molar-refractivity contribution in [1.82, 2.24) is 15.2 Å². The van der Waals surface area contributed by atoms with E-state index < -0.39 is 43.3 Å². The van der Waals surface area contributed by atoms with Crippen LogP contribution in [0, 0.1) is 17.2 Å². The summed E-state index contributed by atoms with van der Waals surface area (Å²) >= 11 is 0. The Labute approximate surface area is 171 Å². The molecule has 2 aromatic rings. The number of ether oxygens (including phenoxy) is 1. The predicted octanol–water partition coefficient (Wildman–Crippen LogP) is 2.51. The van der Waals surface area contributed by atoms with Crippen LogP contribution in [0.2, 0.25) is 0 Å². The highest BCUT2D eigenvalue weighted by atomic mass is 19.3. The average molecular weight is 414 g/mol. The van der Waals surface area contributed by atoms with Crippen molar-refractivity contribution >= 4 is 22.7 Å². The maximum absolute atomic E-state index is 13.5. The van der Waals surface area contributed by atoms with Crippen molar-refractivity contribution in [3.63, 3.8) is 0 Å². The Bertz CT molecular complexity index is 1030. The molecule has 30 heavy (non-hydrogen) atoms. The van der Waals surface area contributed by atoms with Crippen molar-refractivity contribution in [3.8, 4) is 11.8 Å². The van der Waals surface area contributed by atoms with Crippen LogP contribution in [0.5, 0.6) is 5.75 Å². The molecule has 1 atom stereocenters. The molecule has 2 aliphatic rings. The molecule has 7 nitrogen and oxygen atoms in total. The molecular weight excluding hydrogens is 394 g/mol. The molecule has 2 heterocycles.